The van der Waals surface area contributed by atoms with Gasteiger partial charge in [0.05, 0.1) is 0 Å². The second-order valence-corrected chi connectivity index (χ2v) is 4.09. The molecule has 2 aliphatic carbocycles. The van der Waals surface area contributed by atoms with Gasteiger partial charge in [-0.2, -0.15) is 0 Å². The van der Waals surface area contributed by atoms with Crippen LogP contribution >= 0.6 is 0 Å². The van der Waals surface area contributed by atoms with Crippen molar-refractivity contribution in [3.63, 3.8) is 0 Å². The van der Waals surface area contributed by atoms with Gasteiger partial charge in [0.1, 0.15) is 5.78 Å². The van der Waals surface area contributed by atoms with Gasteiger partial charge in [0.2, 0.25) is 0 Å². The van der Waals surface area contributed by atoms with E-state index in [1.54, 1.807) is 0 Å². The summed E-state index contributed by atoms with van der Waals surface area (Å²) < 4.78 is 0. The maximum absolute atomic E-state index is 11.4. The maximum atomic E-state index is 11.4. The fourth-order valence-electron chi connectivity index (χ4n) is 2.13. The Balaban J connectivity index is 2.07. The normalized spacial score (nSPS) is 40.2. The second-order valence-electron chi connectivity index (χ2n) is 4.09. The molecule has 2 saturated carbocycles. The number of carbonyl (C=O) groups excluding carboxylic acids is 1. The Kier molecular flexibility index (Phi) is 1.41. The Hall–Kier alpha value is -0.590. The van der Waals surface area contributed by atoms with Gasteiger partial charge in [-0.1, -0.05) is 11.6 Å². The van der Waals surface area contributed by atoms with Crippen LogP contribution in [0.2, 0.25) is 0 Å². The van der Waals surface area contributed by atoms with Gasteiger partial charge in [-0.25, -0.2) is 0 Å². The summed E-state index contributed by atoms with van der Waals surface area (Å²) in [6.45, 7) is 4.13. The molecule has 0 aromatic carbocycles. The molecule has 0 spiro atoms. The van der Waals surface area contributed by atoms with Crippen molar-refractivity contribution in [2.75, 3.05) is 0 Å². The predicted octanol–water partition coefficient (Wildman–Crippen LogP) is 2.18. The van der Waals surface area contributed by atoms with E-state index in [0.717, 1.165) is 12.3 Å². The monoisotopic (exact) mass is 150 g/mol. The van der Waals surface area contributed by atoms with Gasteiger partial charge >= 0.3 is 0 Å². The van der Waals surface area contributed by atoms with Crippen LogP contribution in [-0.2, 0) is 4.79 Å². The number of hydrogen-bond acceptors (Lipinski definition) is 1. The van der Waals surface area contributed by atoms with Crippen LogP contribution < -0.4 is 0 Å². The number of Topliss-reactive ketones (excluding diaryl/α,β-unsaturated/α-hetero) is 1. The van der Waals surface area contributed by atoms with Crippen molar-refractivity contribution in [2.45, 2.75) is 26.7 Å². The fraction of sp³-hybridized carbons (Fsp3) is 0.700. The van der Waals surface area contributed by atoms with Crippen molar-refractivity contribution in [1.82, 2.24) is 0 Å². The van der Waals surface area contributed by atoms with Crippen LogP contribution in [0, 0.1) is 17.8 Å². The lowest BCUT2D eigenvalue weighted by Crippen LogP contribution is -2.08. The molecule has 0 unspecified atom stereocenters. The minimum absolute atomic E-state index is 0.281. The highest BCUT2D eigenvalue weighted by Gasteiger charge is 2.51. The van der Waals surface area contributed by atoms with Crippen molar-refractivity contribution < 1.29 is 4.79 Å². The molecule has 1 heteroatoms. The van der Waals surface area contributed by atoms with Gasteiger partial charge in [-0.05, 0) is 32.6 Å². The molecule has 0 amide bonds. The Morgan fingerprint density at radius 1 is 1.45 bits per heavy atom. The summed E-state index contributed by atoms with van der Waals surface area (Å²) in [5, 5.41) is 0. The quantitative estimate of drug-likeness (QED) is 0.523. The Morgan fingerprint density at radius 3 is 2.64 bits per heavy atom. The van der Waals surface area contributed by atoms with Gasteiger partial charge in [-0.3, -0.25) is 4.79 Å². The van der Waals surface area contributed by atoms with Gasteiger partial charge in [0, 0.05) is 11.8 Å². The highest BCUT2D eigenvalue weighted by molar-refractivity contribution is 5.90. The molecule has 0 saturated heterocycles. The lowest BCUT2D eigenvalue weighted by Gasteiger charge is -2.04. The van der Waals surface area contributed by atoms with E-state index in [-0.39, 0.29) is 5.92 Å². The maximum Gasteiger partial charge on any atom is 0.143 e. The van der Waals surface area contributed by atoms with Crippen molar-refractivity contribution in [2.24, 2.45) is 17.8 Å². The Labute approximate surface area is 67.5 Å². The molecule has 0 heterocycles. The Bertz CT molecular complexity index is 223. The summed E-state index contributed by atoms with van der Waals surface area (Å²) in [4.78, 5) is 11.4. The molecule has 60 valence electrons. The summed E-state index contributed by atoms with van der Waals surface area (Å²) in [5.41, 5.74) is 1.28. The second kappa shape index (κ2) is 2.20. The molecular weight excluding hydrogens is 136 g/mol. The minimum Gasteiger partial charge on any atom is -0.299 e. The van der Waals surface area contributed by atoms with Crippen LogP contribution in [0.3, 0.4) is 0 Å². The van der Waals surface area contributed by atoms with Crippen molar-refractivity contribution in [3.05, 3.63) is 11.6 Å². The average molecular weight is 150 g/mol. The molecule has 3 atom stereocenters. The number of allylic oxidation sites excluding steroid dienone is 2. The first-order valence-corrected chi connectivity index (χ1v) is 4.37. The summed E-state index contributed by atoms with van der Waals surface area (Å²) >= 11 is 0. The predicted molar refractivity (Wildman–Crippen MR) is 44.1 cm³/mol. The van der Waals surface area contributed by atoms with Crippen LogP contribution in [0.15, 0.2) is 11.6 Å². The third-order valence-corrected chi connectivity index (χ3v) is 2.74. The fourth-order valence-corrected chi connectivity index (χ4v) is 2.13. The number of fused-ring (bicyclic) bond motifs is 1. The highest BCUT2D eigenvalue weighted by atomic mass is 16.1. The zero-order chi connectivity index (χ0) is 8.01. The standard InChI is InChI=1S/C10H14O/c1-6(2)3-8-4-7-5-9(7)10(8)11/h3,7-9H,4-5H2,1-2H3/t7-,8-,9+/m1/s1. The summed E-state index contributed by atoms with van der Waals surface area (Å²) in [7, 11) is 0. The van der Waals surface area contributed by atoms with Crippen molar-refractivity contribution in [1.29, 1.82) is 0 Å². The number of rotatable bonds is 1. The minimum atomic E-state index is 0.281. The number of carbonyl (C=O) groups is 1. The van der Waals surface area contributed by atoms with Gasteiger partial charge in [-0.15, -0.1) is 0 Å². The first kappa shape index (κ1) is 7.08. The molecule has 0 N–H and O–H groups in total. The molecule has 0 aromatic rings. The van der Waals surface area contributed by atoms with E-state index in [1.165, 1.54) is 12.0 Å². The molecule has 0 radical (unpaired) electrons. The molecular formula is C10H14O. The molecule has 2 fully saturated rings. The molecule has 0 aromatic heterocycles. The van der Waals surface area contributed by atoms with E-state index in [9.17, 15) is 4.79 Å². The molecule has 1 nitrogen and oxygen atoms in total. The third-order valence-electron chi connectivity index (χ3n) is 2.74. The summed E-state index contributed by atoms with van der Waals surface area (Å²) in [5.74, 6) is 2.03. The first-order chi connectivity index (χ1) is 5.18. The summed E-state index contributed by atoms with van der Waals surface area (Å²) in [6, 6.07) is 0. The zero-order valence-electron chi connectivity index (χ0n) is 7.13. The molecule has 2 rings (SSSR count). The SMILES string of the molecule is CC(C)=C[C@@H]1C[C@@H]2C[C@@H]2C1=O. The highest BCUT2D eigenvalue weighted by Crippen LogP contribution is 2.52. The first-order valence-electron chi connectivity index (χ1n) is 4.37. The Morgan fingerprint density at radius 2 is 2.18 bits per heavy atom. The van der Waals surface area contributed by atoms with Gasteiger partial charge < -0.3 is 0 Å². The summed E-state index contributed by atoms with van der Waals surface area (Å²) in [6.07, 6.45) is 4.45. The third kappa shape index (κ3) is 1.13. The van der Waals surface area contributed by atoms with Crippen LogP contribution in [0.4, 0.5) is 0 Å². The van der Waals surface area contributed by atoms with Crippen molar-refractivity contribution in [3.8, 4) is 0 Å². The molecule has 0 aliphatic heterocycles. The molecule has 11 heavy (non-hydrogen) atoms. The lowest BCUT2D eigenvalue weighted by atomic mass is 10.00. The zero-order valence-corrected chi connectivity index (χ0v) is 7.13. The molecule has 0 bridgehead atoms. The number of hydrogen-bond donors (Lipinski definition) is 0. The lowest BCUT2D eigenvalue weighted by molar-refractivity contribution is -0.121. The van der Waals surface area contributed by atoms with Gasteiger partial charge in [0.25, 0.3) is 0 Å². The van der Waals surface area contributed by atoms with E-state index >= 15 is 0 Å². The average Bonchev–Trinajstić information content (AvgIpc) is 2.58. The van der Waals surface area contributed by atoms with E-state index in [0.29, 0.717) is 11.7 Å². The topological polar surface area (TPSA) is 17.1 Å². The molecule has 2 aliphatic rings. The van der Waals surface area contributed by atoms with Crippen LogP contribution in [0.25, 0.3) is 0 Å². The van der Waals surface area contributed by atoms with E-state index in [1.807, 2.05) is 0 Å². The van der Waals surface area contributed by atoms with E-state index in [4.69, 9.17) is 0 Å². The van der Waals surface area contributed by atoms with E-state index < -0.39 is 0 Å². The number of ketones is 1. The smallest absolute Gasteiger partial charge is 0.143 e. The van der Waals surface area contributed by atoms with Gasteiger partial charge in [0.15, 0.2) is 0 Å². The van der Waals surface area contributed by atoms with E-state index in [2.05, 4.69) is 19.9 Å². The van der Waals surface area contributed by atoms with Crippen LogP contribution in [-0.4, -0.2) is 5.78 Å². The van der Waals surface area contributed by atoms with Crippen LogP contribution in [0.1, 0.15) is 26.7 Å². The largest absolute Gasteiger partial charge is 0.299 e. The van der Waals surface area contributed by atoms with Crippen LogP contribution in [0.5, 0.6) is 0 Å². The van der Waals surface area contributed by atoms with Crippen molar-refractivity contribution >= 4 is 5.78 Å².